The number of hydrogen-bond donors (Lipinski definition) is 2. The predicted octanol–water partition coefficient (Wildman–Crippen LogP) is 4.14. The molecule has 1 amide bonds. The van der Waals surface area contributed by atoms with Crippen molar-refractivity contribution in [2.75, 3.05) is 6.54 Å². The second-order valence-electron chi connectivity index (χ2n) is 8.48. The maximum atomic E-state index is 13.0. The molecule has 0 saturated carbocycles. The van der Waals surface area contributed by atoms with Crippen LogP contribution < -0.4 is 5.32 Å². The molecule has 2 N–H and O–H groups in total. The molecule has 3 aromatic rings. The Bertz CT molecular complexity index is 992. The van der Waals surface area contributed by atoms with Gasteiger partial charge in [-0.2, -0.15) is 0 Å². The molecular formula is C27H31N3O2. The van der Waals surface area contributed by atoms with Crippen LogP contribution in [-0.2, 0) is 13.0 Å². The molecule has 3 atom stereocenters. The maximum Gasteiger partial charge on any atom is 0.254 e. The fraction of sp³-hybridized carbons (Fsp3) is 0.333. The van der Waals surface area contributed by atoms with Crippen molar-refractivity contribution < 1.29 is 9.90 Å². The van der Waals surface area contributed by atoms with Gasteiger partial charge in [0.15, 0.2) is 0 Å². The molecule has 0 spiro atoms. The Morgan fingerprint density at radius 2 is 1.84 bits per heavy atom. The summed E-state index contributed by atoms with van der Waals surface area (Å²) in [6, 6.07) is 22.1. The normalized spacial score (nSPS) is 18.9. The van der Waals surface area contributed by atoms with Gasteiger partial charge in [-0.15, -0.1) is 0 Å². The highest BCUT2D eigenvalue weighted by Crippen LogP contribution is 2.26. The number of benzene rings is 2. The largest absolute Gasteiger partial charge is 0.387 e. The molecule has 32 heavy (non-hydrogen) atoms. The van der Waals surface area contributed by atoms with Crippen LogP contribution in [0, 0.1) is 0 Å². The van der Waals surface area contributed by atoms with Crippen LogP contribution in [0.25, 0.3) is 0 Å². The SMILES string of the molecule is CCN(Cc1cccnc1)C(=O)c1ccc(CC2CCC(C(O)c3ccccc3)N2)cc1. The van der Waals surface area contributed by atoms with Gasteiger partial charge < -0.3 is 15.3 Å². The summed E-state index contributed by atoms with van der Waals surface area (Å²) in [5.41, 5.74) is 3.89. The van der Waals surface area contributed by atoms with E-state index in [9.17, 15) is 9.90 Å². The number of aliphatic hydroxyl groups is 1. The molecule has 5 heteroatoms. The highest BCUT2D eigenvalue weighted by molar-refractivity contribution is 5.94. The number of hydrogen-bond acceptors (Lipinski definition) is 4. The number of pyridine rings is 1. The number of amides is 1. The quantitative estimate of drug-likeness (QED) is 0.565. The zero-order valence-electron chi connectivity index (χ0n) is 18.5. The third-order valence-corrected chi connectivity index (χ3v) is 6.25. The van der Waals surface area contributed by atoms with Crippen LogP contribution in [0.4, 0.5) is 0 Å². The summed E-state index contributed by atoms with van der Waals surface area (Å²) in [6.07, 6.45) is 5.93. The van der Waals surface area contributed by atoms with Gasteiger partial charge in [0.25, 0.3) is 5.91 Å². The summed E-state index contributed by atoms with van der Waals surface area (Å²) >= 11 is 0. The Morgan fingerprint density at radius 1 is 1.06 bits per heavy atom. The van der Waals surface area contributed by atoms with Crippen LogP contribution >= 0.6 is 0 Å². The summed E-state index contributed by atoms with van der Waals surface area (Å²) < 4.78 is 0. The van der Waals surface area contributed by atoms with E-state index in [2.05, 4.69) is 10.3 Å². The van der Waals surface area contributed by atoms with Crippen LogP contribution in [0.3, 0.4) is 0 Å². The number of nitrogens with zero attached hydrogens (tertiary/aromatic N) is 2. The lowest BCUT2D eigenvalue weighted by Crippen LogP contribution is -2.35. The van der Waals surface area contributed by atoms with Crippen molar-refractivity contribution in [3.63, 3.8) is 0 Å². The fourth-order valence-corrected chi connectivity index (χ4v) is 4.43. The van der Waals surface area contributed by atoms with E-state index in [1.807, 2.05) is 78.6 Å². The zero-order chi connectivity index (χ0) is 22.3. The molecule has 2 aromatic carbocycles. The lowest BCUT2D eigenvalue weighted by Gasteiger charge is -2.21. The van der Waals surface area contributed by atoms with E-state index in [-0.39, 0.29) is 11.9 Å². The highest BCUT2D eigenvalue weighted by Gasteiger charge is 2.29. The van der Waals surface area contributed by atoms with Crippen molar-refractivity contribution in [3.05, 3.63) is 101 Å². The first-order chi connectivity index (χ1) is 15.6. The summed E-state index contributed by atoms with van der Waals surface area (Å²) in [7, 11) is 0. The Balaban J connectivity index is 1.33. The van der Waals surface area contributed by atoms with Crippen molar-refractivity contribution in [3.8, 4) is 0 Å². The number of carbonyl (C=O) groups excluding carboxylic acids is 1. The predicted molar refractivity (Wildman–Crippen MR) is 126 cm³/mol. The average Bonchev–Trinajstić information content (AvgIpc) is 3.32. The zero-order valence-corrected chi connectivity index (χ0v) is 18.5. The lowest BCUT2D eigenvalue weighted by atomic mass is 10.0. The van der Waals surface area contributed by atoms with E-state index in [0.29, 0.717) is 24.7 Å². The molecule has 2 heterocycles. The standard InChI is InChI=1S/C27H31N3O2/c1-2-30(19-21-7-6-16-28-18-21)27(32)23-12-10-20(11-13-23)17-24-14-15-25(29-24)26(31)22-8-4-3-5-9-22/h3-13,16,18,24-26,29,31H,2,14-15,17,19H2,1H3. The van der Waals surface area contributed by atoms with Gasteiger partial charge in [-0.1, -0.05) is 48.5 Å². The van der Waals surface area contributed by atoms with Gasteiger partial charge >= 0.3 is 0 Å². The Hall–Kier alpha value is -3.02. The van der Waals surface area contributed by atoms with Gasteiger partial charge in [0.05, 0.1) is 6.10 Å². The smallest absolute Gasteiger partial charge is 0.254 e. The number of aliphatic hydroxyl groups excluding tert-OH is 1. The van der Waals surface area contributed by atoms with E-state index in [4.69, 9.17) is 0 Å². The molecular weight excluding hydrogens is 398 g/mol. The van der Waals surface area contributed by atoms with Crippen molar-refractivity contribution in [2.24, 2.45) is 0 Å². The van der Waals surface area contributed by atoms with Crippen LogP contribution in [0.2, 0.25) is 0 Å². The second-order valence-corrected chi connectivity index (χ2v) is 8.48. The van der Waals surface area contributed by atoms with Crippen LogP contribution in [0.15, 0.2) is 79.1 Å². The molecule has 1 saturated heterocycles. The molecule has 1 aromatic heterocycles. The molecule has 5 nitrogen and oxygen atoms in total. The molecule has 0 aliphatic carbocycles. The van der Waals surface area contributed by atoms with Crippen LogP contribution in [-0.4, -0.2) is 39.5 Å². The number of nitrogens with one attached hydrogen (secondary N) is 1. The van der Waals surface area contributed by atoms with Crippen molar-refractivity contribution in [1.29, 1.82) is 0 Å². The number of aromatic nitrogens is 1. The van der Waals surface area contributed by atoms with Crippen LogP contribution in [0.5, 0.6) is 0 Å². The fourth-order valence-electron chi connectivity index (χ4n) is 4.43. The van der Waals surface area contributed by atoms with E-state index >= 15 is 0 Å². The minimum atomic E-state index is -0.485. The maximum absolute atomic E-state index is 13.0. The molecule has 0 radical (unpaired) electrons. The lowest BCUT2D eigenvalue weighted by molar-refractivity contribution is 0.0752. The van der Waals surface area contributed by atoms with Gasteiger partial charge in [0.1, 0.15) is 0 Å². The Labute approximate surface area is 190 Å². The molecule has 0 bridgehead atoms. The number of carbonyl (C=O) groups is 1. The first-order valence-corrected chi connectivity index (χ1v) is 11.4. The van der Waals surface area contributed by atoms with Gasteiger partial charge in [0.2, 0.25) is 0 Å². The molecule has 3 unspecified atom stereocenters. The van der Waals surface area contributed by atoms with E-state index in [1.165, 1.54) is 5.56 Å². The van der Waals surface area contributed by atoms with Crippen LogP contribution in [0.1, 0.15) is 52.9 Å². The molecule has 1 aliphatic heterocycles. The van der Waals surface area contributed by atoms with Gasteiger partial charge in [-0.05, 0) is 61.1 Å². The first kappa shape index (κ1) is 22.2. The highest BCUT2D eigenvalue weighted by atomic mass is 16.3. The van der Waals surface area contributed by atoms with E-state index < -0.39 is 6.10 Å². The summed E-state index contributed by atoms with van der Waals surface area (Å²) in [6.45, 7) is 3.20. The van der Waals surface area contributed by atoms with Gasteiger partial charge in [-0.25, -0.2) is 0 Å². The van der Waals surface area contributed by atoms with E-state index in [1.54, 1.807) is 12.4 Å². The van der Waals surface area contributed by atoms with Gasteiger partial charge in [-0.3, -0.25) is 9.78 Å². The summed E-state index contributed by atoms with van der Waals surface area (Å²) in [5.74, 6) is 0.0351. The Kier molecular flexibility index (Phi) is 7.30. The second kappa shape index (κ2) is 10.5. The Morgan fingerprint density at radius 3 is 2.53 bits per heavy atom. The monoisotopic (exact) mass is 429 g/mol. The van der Waals surface area contributed by atoms with Crippen molar-refractivity contribution in [2.45, 2.75) is 50.9 Å². The molecule has 1 aliphatic rings. The third-order valence-electron chi connectivity index (χ3n) is 6.25. The third kappa shape index (κ3) is 5.42. The summed E-state index contributed by atoms with van der Waals surface area (Å²) in [5, 5.41) is 14.3. The topological polar surface area (TPSA) is 65.5 Å². The minimum Gasteiger partial charge on any atom is -0.387 e. The van der Waals surface area contributed by atoms with Crippen molar-refractivity contribution in [1.82, 2.24) is 15.2 Å². The molecule has 166 valence electrons. The minimum absolute atomic E-state index is 0.0351. The molecule has 1 fully saturated rings. The van der Waals surface area contributed by atoms with Gasteiger partial charge in [0, 0.05) is 43.1 Å². The first-order valence-electron chi connectivity index (χ1n) is 11.4. The average molecular weight is 430 g/mol. The number of rotatable bonds is 8. The summed E-state index contributed by atoms with van der Waals surface area (Å²) in [4.78, 5) is 18.9. The van der Waals surface area contributed by atoms with E-state index in [0.717, 1.165) is 30.4 Å². The molecule has 4 rings (SSSR count). The van der Waals surface area contributed by atoms with Crippen molar-refractivity contribution >= 4 is 5.91 Å².